The van der Waals surface area contributed by atoms with E-state index in [2.05, 4.69) is 11.0 Å². The number of hydrogen-bond donors (Lipinski definition) is 1. The number of hydrogen-bond acceptors (Lipinski definition) is 2. The van der Waals surface area contributed by atoms with E-state index in [1.165, 1.54) is 0 Å². The lowest BCUT2D eigenvalue weighted by atomic mass is 10.0. The summed E-state index contributed by atoms with van der Waals surface area (Å²) in [4.78, 5) is 2.07. The molecule has 0 aliphatic heterocycles. The summed E-state index contributed by atoms with van der Waals surface area (Å²) in [5.41, 5.74) is 10.1. The minimum atomic E-state index is 0.803. The summed E-state index contributed by atoms with van der Waals surface area (Å²) in [6.45, 7) is 0. The number of nitrogens with zero attached hydrogens (tertiary/aromatic N) is 1. The van der Waals surface area contributed by atoms with Gasteiger partial charge in [0.1, 0.15) is 0 Å². The lowest BCUT2D eigenvalue weighted by molar-refractivity contribution is 1.13. The Bertz CT molecular complexity index is 490. The van der Waals surface area contributed by atoms with Gasteiger partial charge in [-0.25, -0.2) is 0 Å². The third kappa shape index (κ3) is 1.87. The van der Waals surface area contributed by atoms with Gasteiger partial charge in [-0.3, -0.25) is 0 Å². The fourth-order valence-electron chi connectivity index (χ4n) is 1.76. The van der Waals surface area contributed by atoms with Gasteiger partial charge in [-0.2, -0.15) is 0 Å². The molecule has 0 bridgehead atoms. The lowest BCUT2D eigenvalue weighted by Crippen LogP contribution is -2.10. The average molecular weight is 211 g/mol. The zero-order valence-electron chi connectivity index (χ0n) is 9.57. The van der Waals surface area contributed by atoms with E-state index < -0.39 is 0 Å². The first-order valence-electron chi connectivity index (χ1n) is 5.22. The van der Waals surface area contributed by atoms with E-state index in [0.717, 1.165) is 22.5 Å². The van der Waals surface area contributed by atoms with Crippen LogP contribution in [-0.4, -0.2) is 14.1 Å². The first kappa shape index (κ1) is 10.6. The van der Waals surface area contributed by atoms with Gasteiger partial charge >= 0.3 is 0 Å². The van der Waals surface area contributed by atoms with E-state index in [-0.39, 0.29) is 0 Å². The van der Waals surface area contributed by atoms with Crippen LogP contribution in [0.25, 0.3) is 11.1 Å². The zero-order chi connectivity index (χ0) is 11.5. The van der Waals surface area contributed by atoms with Crippen molar-refractivity contribution in [1.29, 1.82) is 0 Å². The molecule has 0 spiro atoms. The van der Waals surface area contributed by atoms with Crippen molar-refractivity contribution in [3.63, 3.8) is 0 Å². The Balaban J connectivity index is 2.60. The predicted molar refractivity (Wildman–Crippen MR) is 69.5 cm³/mol. The average Bonchev–Trinajstić information content (AvgIpc) is 2.29. The highest BCUT2D eigenvalue weighted by Crippen LogP contribution is 2.32. The summed E-state index contributed by atoms with van der Waals surface area (Å²) >= 11 is 0. The molecule has 2 aromatic carbocycles. The summed E-state index contributed by atoms with van der Waals surface area (Å²) < 4.78 is 0. The van der Waals surface area contributed by atoms with Crippen molar-refractivity contribution in [3.8, 4) is 11.1 Å². The Morgan fingerprint density at radius 2 is 1.81 bits per heavy atom. The van der Waals surface area contributed by atoms with Gasteiger partial charge in [0.2, 0.25) is 0 Å². The van der Waals surface area contributed by atoms with Gasteiger partial charge in [0.25, 0.3) is 0 Å². The Kier molecular flexibility index (Phi) is 2.82. The molecule has 2 heteroatoms. The highest BCUT2D eigenvalue weighted by Gasteiger charge is 2.07. The third-order valence-corrected chi connectivity index (χ3v) is 2.57. The van der Waals surface area contributed by atoms with Gasteiger partial charge in [0, 0.05) is 36.6 Å². The molecular formula is C14H15N2. The quantitative estimate of drug-likeness (QED) is 0.774. The van der Waals surface area contributed by atoms with Gasteiger partial charge in [-0.05, 0) is 18.2 Å². The Labute approximate surface area is 96.3 Å². The highest BCUT2D eigenvalue weighted by molar-refractivity contribution is 5.85. The molecule has 0 fully saturated rings. The Morgan fingerprint density at radius 3 is 2.50 bits per heavy atom. The molecule has 2 nitrogen and oxygen atoms in total. The molecule has 2 rings (SSSR count). The molecule has 0 aliphatic carbocycles. The summed E-state index contributed by atoms with van der Waals surface area (Å²) in [6, 6.07) is 16.9. The molecule has 16 heavy (non-hydrogen) atoms. The van der Waals surface area contributed by atoms with Crippen LogP contribution in [-0.2, 0) is 0 Å². The number of para-hydroxylation sites is 1. The third-order valence-electron chi connectivity index (χ3n) is 2.57. The normalized spacial score (nSPS) is 10.1. The first-order chi connectivity index (χ1) is 7.70. The number of anilines is 2. The van der Waals surface area contributed by atoms with Crippen molar-refractivity contribution in [2.24, 2.45) is 0 Å². The molecule has 0 saturated carbocycles. The highest BCUT2D eigenvalue weighted by atomic mass is 15.1. The summed E-state index contributed by atoms with van der Waals surface area (Å²) in [5, 5.41) is 0. The summed E-state index contributed by atoms with van der Waals surface area (Å²) in [5.74, 6) is 0. The molecule has 0 atom stereocenters. The minimum absolute atomic E-state index is 0.803. The summed E-state index contributed by atoms with van der Waals surface area (Å²) in [7, 11) is 4.04. The maximum atomic E-state index is 5.99. The van der Waals surface area contributed by atoms with Crippen molar-refractivity contribution < 1.29 is 0 Å². The molecular weight excluding hydrogens is 196 g/mol. The van der Waals surface area contributed by atoms with Gasteiger partial charge < -0.3 is 10.6 Å². The maximum Gasteiger partial charge on any atom is 0.0447 e. The SMILES string of the molecule is CN(C)c1c[c]ccc1-c1ccccc1N. The molecule has 0 heterocycles. The van der Waals surface area contributed by atoms with E-state index >= 15 is 0 Å². The van der Waals surface area contributed by atoms with Crippen LogP contribution in [0, 0.1) is 6.07 Å². The van der Waals surface area contributed by atoms with Crippen LogP contribution in [0.4, 0.5) is 11.4 Å². The minimum Gasteiger partial charge on any atom is -0.398 e. The number of nitrogen functional groups attached to an aromatic ring is 1. The lowest BCUT2D eigenvalue weighted by Gasteiger charge is -2.18. The van der Waals surface area contributed by atoms with Crippen LogP contribution in [0.2, 0.25) is 0 Å². The van der Waals surface area contributed by atoms with Crippen LogP contribution in [0.3, 0.4) is 0 Å². The Morgan fingerprint density at radius 1 is 1.06 bits per heavy atom. The molecule has 0 aliphatic rings. The van der Waals surface area contributed by atoms with E-state index in [9.17, 15) is 0 Å². The number of benzene rings is 2. The molecule has 81 valence electrons. The van der Waals surface area contributed by atoms with E-state index in [0.29, 0.717) is 0 Å². The van der Waals surface area contributed by atoms with Crippen LogP contribution in [0.1, 0.15) is 0 Å². The van der Waals surface area contributed by atoms with Crippen LogP contribution in [0.15, 0.2) is 42.5 Å². The Hall–Kier alpha value is -1.96. The predicted octanol–water partition coefficient (Wildman–Crippen LogP) is 2.80. The second-order valence-corrected chi connectivity index (χ2v) is 3.92. The van der Waals surface area contributed by atoms with E-state index in [1.807, 2.05) is 56.6 Å². The van der Waals surface area contributed by atoms with Gasteiger partial charge in [-0.1, -0.05) is 30.3 Å². The van der Waals surface area contributed by atoms with Crippen molar-refractivity contribution in [3.05, 3.63) is 48.5 Å². The van der Waals surface area contributed by atoms with Crippen LogP contribution < -0.4 is 10.6 Å². The molecule has 1 radical (unpaired) electrons. The first-order valence-corrected chi connectivity index (χ1v) is 5.22. The van der Waals surface area contributed by atoms with Crippen LogP contribution >= 0.6 is 0 Å². The fourth-order valence-corrected chi connectivity index (χ4v) is 1.76. The molecule has 0 aromatic heterocycles. The van der Waals surface area contributed by atoms with Gasteiger partial charge in [0.05, 0.1) is 0 Å². The monoisotopic (exact) mass is 211 g/mol. The molecule has 0 saturated heterocycles. The number of nitrogens with two attached hydrogens (primary N) is 1. The van der Waals surface area contributed by atoms with Crippen molar-refractivity contribution in [2.45, 2.75) is 0 Å². The number of rotatable bonds is 2. The molecule has 0 unspecified atom stereocenters. The molecule has 2 N–H and O–H groups in total. The second kappa shape index (κ2) is 4.27. The van der Waals surface area contributed by atoms with Crippen molar-refractivity contribution >= 4 is 11.4 Å². The zero-order valence-corrected chi connectivity index (χ0v) is 9.57. The summed E-state index contributed by atoms with van der Waals surface area (Å²) in [6.07, 6.45) is 0. The van der Waals surface area contributed by atoms with Gasteiger partial charge in [0.15, 0.2) is 0 Å². The van der Waals surface area contributed by atoms with Crippen molar-refractivity contribution in [2.75, 3.05) is 24.7 Å². The largest absolute Gasteiger partial charge is 0.398 e. The van der Waals surface area contributed by atoms with Crippen LogP contribution in [0.5, 0.6) is 0 Å². The van der Waals surface area contributed by atoms with Gasteiger partial charge in [-0.15, -0.1) is 0 Å². The smallest absolute Gasteiger partial charge is 0.0447 e. The molecule has 2 aromatic rings. The van der Waals surface area contributed by atoms with E-state index in [4.69, 9.17) is 5.73 Å². The fraction of sp³-hybridized carbons (Fsp3) is 0.143. The topological polar surface area (TPSA) is 29.3 Å². The maximum absolute atomic E-state index is 5.99. The van der Waals surface area contributed by atoms with E-state index in [1.54, 1.807) is 0 Å². The standard InChI is InChI=1S/C14H15N2/c1-16(2)14-10-6-4-8-12(14)11-7-3-5-9-13(11)15/h3-5,7-10H,15H2,1-2H3. The van der Waals surface area contributed by atoms with Crippen molar-refractivity contribution in [1.82, 2.24) is 0 Å². The second-order valence-electron chi connectivity index (χ2n) is 3.92. The molecule has 0 amide bonds.